The number of hydrogen-bond acceptors (Lipinski definition) is 4. The van der Waals surface area contributed by atoms with Crippen molar-refractivity contribution in [3.8, 4) is 0 Å². The van der Waals surface area contributed by atoms with Gasteiger partial charge in [0.15, 0.2) is 0 Å². The van der Waals surface area contributed by atoms with Crippen molar-refractivity contribution in [3.63, 3.8) is 0 Å². The zero-order chi connectivity index (χ0) is 24.1. The fourth-order valence-electron chi connectivity index (χ4n) is 3.51. The van der Waals surface area contributed by atoms with Gasteiger partial charge in [-0.2, -0.15) is 0 Å². The van der Waals surface area contributed by atoms with Crippen LogP contribution in [-0.2, 0) is 11.3 Å². The molecular formula is C26H26ClN3O3. The van der Waals surface area contributed by atoms with Gasteiger partial charge in [0.05, 0.1) is 23.6 Å². The third-order valence-corrected chi connectivity index (χ3v) is 5.67. The average molecular weight is 464 g/mol. The molecule has 33 heavy (non-hydrogen) atoms. The van der Waals surface area contributed by atoms with E-state index >= 15 is 0 Å². The SMILES string of the molecule is C=C(C)/C(CC(=O)O)=C(/C)N(N)Cc1ccc(NC(=O)c2cc3ccccc3cc2Cl)cc1. The average Bonchev–Trinajstić information content (AvgIpc) is 2.77. The molecule has 0 aliphatic carbocycles. The van der Waals surface area contributed by atoms with Gasteiger partial charge in [0, 0.05) is 11.4 Å². The van der Waals surface area contributed by atoms with E-state index in [1.54, 1.807) is 38.1 Å². The zero-order valence-electron chi connectivity index (χ0n) is 18.6. The first-order valence-corrected chi connectivity index (χ1v) is 10.7. The highest BCUT2D eigenvalue weighted by Gasteiger charge is 2.14. The number of carbonyl (C=O) groups excluding carboxylic acids is 1. The number of carbonyl (C=O) groups is 2. The molecule has 0 fully saturated rings. The van der Waals surface area contributed by atoms with Gasteiger partial charge in [0.1, 0.15) is 0 Å². The summed E-state index contributed by atoms with van der Waals surface area (Å²) in [4.78, 5) is 23.9. The molecule has 6 nitrogen and oxygen atoms in total. The fourth-order valence-corrected chi connectivity index (χ4v) is 3.76. The summed E-state index contributed by atoms with van der Waals surface area (Å²) in [5, 5.41) is 15.8. The first-order chi connectivity index (χ1) is 15.7. The monoisotopic (exact) mass is 463 g/mol. The van der Waals surface area contributed by atoms with E-state index in [1.165, 1.54) is 5.01 Å². The van der Waals surface area contributed by atoms with Crippen molar-refractivity contribution in [2.45, 2.75) is 26.8 Å². The number of hydrogen-bond donors (Lipinski definition) is 3. The Balaban J connectivity index is 1.71. The van der Waals surface area contributed by atoms with Crippen LogP contribution in [0.4, 0.5) is 5.69 Å². The number of allylic oxidation sites excluding steroid dienone is 2. The Hall–Kier alpha value is -3.61. The number of fused-ring (bicyclic) bond motifs is 1. The molecule has 0 aromatic heterocycles. The van der Waals surface area contributed by atoms with E-state index in [2.05, 4.69) is 11.9 Å². The van der Waals surface area contributed by atoms with E-state index in [0.29, 0.717) is 39.7 Å². The largest absolute Gasteiger partial charge is 0.481 e. The van der Waals surface area contributed by atoms with Gasteiger partial charge < -0.3 is 15.4 Å². The third-order valence-electron chi connectivity index (χ3n) is 5.36. The van der Waals surface area contributed by atoms with Crippen LogP contribution in [0.2, 0.25) is 5.02 Å². The molecule has 4 N–H and O–H groups in total. The lowest BCUT2D eigenvalue weighted by atomic mass is 10.0. The van der Waals surface area contributed by atoms with Gasteiger partial charge in [-0.05, 0) is 60.0 Å². The van der Waals surface area contributed by atoms with E-state index < -0.39 is 5.97 Å². The molecule has 0 bridgehead atoms. The lowest BCUT2D eigenvalue weighted by molar-refractivity contribution is -0.136. The molecule has 0 unspecified atom stereocenters. The maximum Gasteiger partial charge on any atom is 0.307 e. The maximum absolute atomic E-state index is 12.8. The van der Waals surface area contributed by atoms with Crippen LogP contribution in [0.3, 0.4) is 0 Å². The molecule has 0 spiro atoms. The molecule has 0 atom stereocenters. The lowest BCUT2D eigenvalue weighted by Crippen LogP contribution is -2.30. The second kappa shape index (κ2) is 10.3. The van der Waals surface area contributed by atoms with Crippen molar-refractivity contribution in [2.75, 3.05) is 5.32 Å². The third kappa shape index (κ3) is 6.00. The van der Waals surface area contributed by atoms with Crippen LogP contribution in [-0.4, -0.2) is 22.0 Å². The van der Waals surface area contributed by atoms with E-state index in [1.807, 2.05) is 36.4 Å². The van der Waals surface area contributed by atoms with Gasteiger partial charge in [0.25, 0.3) is 5.91 Å². The number of nitrogens with one attached hydrogen (secondary N) is 1. The maximum atomic E-state index is 12.8. The number of amides is 1. The molecule has 0 aliphatic rings. The minimum absolute atomic E-state index is 0.142. The number of halogens is 1. The number of anilines is 1. The number of aliphatic carboxylic acids is 1. The molecular weight excluding hydrogens is 438 g/mol. The first-order valence-electron chi connectivity index (χ1n) is 10.3. The Morgan fingerprint density at radius 3 is 2.24 bits per heavy atom. The first kappa shape index (κ1) is 24.0. The summed E-state index contributed by atoms with van der Waals surface area (Å²) in [6, 6.07) is 18.5. The van der Waals surface area contributed by atoms with Crippen molar-refractivity contribution in [1.82, 2.24) is 5.01 Å². The highest BCUT2D eigenvalue weighted by molar-refractivity contribution is 6.35. The van der Waals surface area contributed by atoms with E-state index in [0.717, 1.165) is 16.3 Å². The summed E-state index contributed by atoms with van der Waals surface area (Å²) >= 11 is 6.33. The summed E-state index contributed by atoms with van der Waals surface area (Å²) in [5.74, 6) is 4.95. The van der Waals surface area contributed by atoms with Crippen LogP contribution >= 0.6 is 11.6 Å². The lowest BCUT2D eigenvalue weighted by Gasteiger charge is -2.23. The second-order valence-corrected chi connectivity index (χ2v) is 8.28. The number of nitrogens with zero attached hydrogens (tertiary/aromatic N) is 1. The van der Waals surface area contributed by atoms with Crippen LogP contribution in [0.5, 0.6) is 0 Å². The molecule has 3 rings (SSSR count). The highest BCUT2D eigenvalue weighted by Crippen LogP contribution is 2.25. The quantitative estimate of drug-likeness (QED) is 0.225. The number of nitrogens with two attached hydrogens (primary N) is 1. The number of carboxylic acids is 1. The number of hydrazine groups is 1. The van der Waals surface area contributed by atoms with Gasteiger partial charge >= 0.3 is 5.97 Å². The van der Waals surface area contributed by atoms with Crippen molar-refractivity contribution in [2.24, 2.45) is 5.84 Å². The summed E-state index contributed by atoms with van der Waals surface area (Å²) in [5.41, 5.74) is 3.83. The molecule has 0 saturated carbocycles. The number of benzene rings is 3. The van der Waals surface area contributed by atoms with E-state index in [9.17, 15) is 9.59 Å². The smallest absolute Gasteiger partial charge is 0.307 e. The van der Waals surface area contributed by atoms with Crippen LogP contribution in [0.15, 0.2) is 84.1 Å². The second-order valence-electron chi connectivity index (χ2n) is 7.87. The van der Waals surface area contributed by atoms with Gasteiger partial charge in [-0.25, -0.2) is 5.84 Å². The van der Waals surface area contributed by atoms with Gasteiger partial charge in [-0.3, -0.25) is 9.59 Å². The molecule has 170 valence electrons. The highest BCUT2D eigenvalue weighted by atomic mass is 35.5. The molecule has 0 heterocycles. The molecule has 0 radical (unpaired) electrons. The Kier molecular flexibility index (Phi) is 7.53. The topological polar surface area (TPSA) is 95.7 Å². The predicted octanol–water partition coefficient (Wildman–Crippen LogP) is 5.75. The molecule has 7 heteroatoms. The van der Waals surface area contributed by atoms with Crippen molar-refractivity contribution in [1.29, 1.82) is 0 Å². The Labute approximate surface area is 197 Å². The summed E-state index contributed by atoms with van der Waals surface area (Å²) in [6.45, 7) is 7.75. The van der Waals surface area contributed by atoms with Gasteiger partial charge in [-0.15, -0.1) is 0 Å². The molecule has 3 aromatic rings. The molecule has 0 saturated heterocycles. The molecule has 3 aromatic carbocycles. The molecule has 1 amide bonds. The minimum Gasteiger partial charge on any atom is -0.481 e. The predicted molar refractivity (Wildman–Crippen MR) is 133 cm³/mol. The Morgan fingerprint density at radius 2 is 1.67 bits per heavy atom. The van der Waals surface area contributed by atoms with Gasteiger partial charge in [0.2, 0.25) is 0 Å². The van der Waals surface area contributed by atoms with E-state index in [4.69, 9.17) is 22.6 Å². The normalized spacial score (nSPS) is 11.6. The zero-order valence-corrected chi connectivity index (χ0v) is 19.3. The van der Waals surface area contributed by atoms with Crippen LogP contribution in [0.25, 0.3) is 10.8 Å². The van der Waals surface area contributed by atoms with Gasteiger partial charge in [-0.1, -0.05) is 60.2 Å². The molecule has 0 aliphatic heterocycles. The Bertz CT molecular complexity index is 1250. The standard InChI is InChI=1S/C26H26ClN3O3/c1-16(2)22(14-25(31)32)17(3)30(28)15-18-8-10-21(11-9-18)29-26(33)23-12-19-6-4-5-7-20(19)13-24(23)27/h4-13H,1,14-15,28H2,2-3H3,(H,29,33)(H,31,32)/b22-17-. The fraction of sp³-hybridized carbons (Fsp3) is 0.154. The van der Waals surface area contributed by atoms with E-state index in [-0.39, 0.29) is 12.3 Å². The number of rotatable bonds is 8. The summed E-state index contributed by atoms with van der Waals surface area (Å²) < 4.78 is 0. The van der Waals surface area contributed by atoms with Crippen LogP contribution < -0.4 is 11.2 Å². The van der Waals surface area contributed by atoms with Crippen molar-refractivity contribution >= 4 is 39.9 Å². The van der Waals surface area contributed by atoms with Crippen LogP contribution in [0.1, 0.15) is 36.2 Å². The minimum atomic E-state index is -0.938. The Morgan fingerprint density at radius 1 is 1.06 bits per heavy atom. The number of carboxylic acid groups (broad SMARTS) is 1. The van der Waals surface area contributed by atoms with Crippen molar-refractivity contribution < 1.29 is 14.7 Å². The summed E-state index contributed by atoms with van der Waals surface area (Å²) in [6.07, 6.45) is -0.142. The van der Waals surface area contributed by atoms with Crippen LogP contribution in [0, 0.1) is 0 Å². The summed E-state index contributed by atoms with van der Waals surface area (Å²) in [7, 11) is 0. The van der Waals surface area contributed by atoms with Crippen molar-refractivity contribution in [3.05, 3.63) is 100 Å².